The zero-order chi connectivity index (χ0) is 17.4. The summed E-state index contributed by atoms with van der Waals surface area (Å²) in [4.78, 5) is 24.6. The zero-order valence-electron chi connectivity index (χ0n) is 13.5. The van der Waals surface area contributed by atoms with E-state index in [0.29, 0.717) is 22.5 Å². The van der Waals surface area contributed by atoms with Crippen LogP contribution in [0.5, 0.6) is 0 Å². The Morgan fingerprint density at radius 2 is 1.71 bits per heavy atom. The molecule has 0 aliphatic carbocycles. The van der Waals surface area contributed by atoms with Crippen molar-refractivity contribution in [1.29, 1.82) is 5.26 Å². The molecule has 0 atom stereocenters. The summed E-state index contributed by atoms with van der Waals surface area (Å²) in [5.74, 6) is 0. The molecule has 7 nitrogen and oxygen atoms in total. The van der Waals surface area contributed by atoms with E-state index in [2.05, 4.69) is 11.2 Å². The molecule has 0 spiro atoms. The lowest BCUT2D eigenvalue weighted by Gasteiger charge is -2.13. The second-order valence-electron chi connectivity index (χ2n) is 5.45. The van der Waals surface area contributed by atoms with Gasteiger partial charge in [0.15, 0.2) is 0 Å². The van der Waals surface area contributed by atoms with Crippen LogP contribution in [0.1, 0.15) is 11.3 Å². The van der Waals surface area contributed by atoms with E-state index in [0.717, 1.165) is 10.3 Å². The highest BCUT2D eigenvalue weighted by atomic mass is 16.2. The Morgan fingerprint density at radius 1 is 1.04 bits per heavy atom. The third-order valence-electron chi connectivity index (χ3n) is 4.10. The molecule has 0 aliphatic rings. The van der Waals surface area contributed by atoms with E-state index in [1.807, 2.05) is 0 Å². The molecule has 0 bridgehead atoms. The van der Waals surface area contributed by atoms with Gasteiger partial charge in [0.25, 0.3) is 5.56 Å². The van der Waals surface area contributed by atoms with E-state index < -0.39 is 0 Å². The first-order chi connectivity index (χ1) is 11.5. The maximum absolute atomic E-state index is 12.6. The summed E-state index contributed by atoms with van der Waals surface area (Å²) in [6.45, 7) is 1.73. The van der Waals surface area contributed by atoms with Crippen LogP contribution in [-0.4, -0.2) is 18.9 Å². The Hall–Kier alpha value is -3.40. The van der Waals surface area contributed by atoms with Crippen molar-refractivity contribution in [3.05, 3.63) is 68.6 Å². The largest absolute Gasteiger partial charge is 0.330 e. The molecule has 120 valence electrons. The quantitative estimate of drug-likeness (QED) is 0.708. The Morgan fingerprint density at radius 3 is 2.33 bits per heavy atom. The molecule has 0 saturated carbocycles. The average molecular weight is 321 g/mol. The van der Waals surface area contributed by atoms with Crippen LogP contribution in [-0.2, 0) is 14.1 Å². The number of aromatic nitrogens is 4. The van der Waals surface area contributed by atoms with Crippen molar-refractivity contribution in [2.24, 2.45) is 14.1 Å². The van der Waals surface area contributed by atoms with Crippen LogP contribution in [0.2, 0.25) is 0 Å². The van der Waals surface area contributed by atoms with Gasteiger partial charge in [-0.1, -0.05) is 0 Å². The first-order valence-corrected chi connectivity index (χ1v) is 7.27. The second kappa shape index (κ2) is 5.66. The molecule has 1 aromatic carbocycles. The maximum atomic E-state index is 12.6. The molecule has 0 fully saturated rings. The van der Waals surface area contributed by atoms with Crippen molar-refractivity contribution in [3.63, 3.8) is 0 Å². The number of nitriles is 1. The normalized spacial score (nSPS) is 10.6. The summed E-state index contributed by atoms with van der Waals surface area (Å²) in [6.07, 6.45) is 1.59. The molecule has 24 heavy (non-hydrogen) atoms. The minimum absolute atomic E-state index is 0.369. The van der Waals surface area contributed by atoms with Gasteiger partial charge in [-0.15, -0.1) is 0 Å². The number of benzene rings is 1. The molecule has 0 amide bonds. The lowest BCUT2D eigenvalue weighted by atomic mass is 10.1. The lowest BCUT2D eigenvalue weighted by molar-refractivity contribution is 0.669. The van der Waals surface area contributed by atoms with Crippen molar-refractivity contribution in [2.45, 2.75) is 6.92 Å². The topological polar surface area (TPSA) is 85.6 Å². The summed E-state index contributed by atoms with van der Waals surface area (Å²) < 4.78 is 4.14. The fraction of sp³-hybridized carbons (Fsp3) is 0.176. The Labute approximate surface area is 137 Å². The SMILES string of the molecule is Cc1c(-c2ccnn2-c2ccc(C#N)cc2)c(=O)n(C)c(=O)n1C. The zero-order valence-corrected chi connectivity index (χ0v) is 13.5. The van der Waals surface area contributed by atoms with Gasteiger partial charge in [-0.25, -0.2) is 9.48 Å². The first-order valence-electron chi connectivity index (χ1n) is 7.27. The summed E-state index contributed by atoms with van der Waals surface area (Å²) in [6, 6.07) is 10.7. The molecular formula is C17H15N5O2. The van der Waals surface area contributed by atoms with Crippen molar-refractivity contribution in [2.75, 3.05) is 0 Å². The van der Waals surface area contributed by atoms with Crippen LogP contribution in [0.15, 0.2) is 46.1 Å². The van der Waals surface area contributed by atoms with Crippen molar-refractivity contribution in [1.82, 2.24) is 18.9 Å². The Balaban J connectivity index is 2.28. The molecule has 7 heteroatoms. The van der Waals surface area contributed by atoms with E-state index in [-0.39, 0.29) is 11.2 Å². The highest BCUT2D eigenvalue weighted by Gasteiger charge is 2.18. The van der Waals surface area contributed by atoms with Gasteiger partial charge in [0.1, 0.15) is 0 Å². The van der Waals surface area contributed by atoms with Gasteiger partial charge in [-0.05, 0) is 37.3 Å². The van der Waals surface area contributed by atoms with E-state index in [1.165, 1.54) is 11.6 Å². The standard InChI is InChI=1S/C17H15N5O2/c1-11-15(16(23)21(3)17(24)20(11)2)14-8-9-19-22(14)13-6-4-12(10-18)5-7-13/h4-9H,1-3H3. The Bertz CT molecular complexity index is 1080. The summed E-state index contributed by atoms with van der Waals surface area (Å²) in [5, 5.41) is 13.2. The van der Waals surface area contributed by atoms with Gasteiger partial charge in [0.05, 0.1) is 34.8 Å². The summed E-state index contributed by atoms with van der Waals surface area (Å²) in [5.41, 5.74) is 2.11. The lowest BCUT2D eigenvalue weighted by Crippen LogP contribution is -2.39. The fourth-order valence-corrected chi connectivity index (χ4v) is 2.62. The van der Waals surface area contributed by atoms with E-state index in [1.54, 1.807) is 55.2 Å². The van der Waals surface area contributed by atoms with Crippen molar-refractivity contribution in [3.8, 4) is 23.0 Å². The van der Waals surface area contributed by atoms with Gasteiger partial charge in [0.2, 0.25) is 0 Å². The summed E-state index contributed by atoms with van der Waals surface area (Å²) in [7, 11) is 3.08. The van der Waals surface area contributed by atoms with Gasteiger partial charge < -0.3 is 4.57 Å². The number of nitrogens with zero attached hydrogens (tertiary/aromatic N) is 5. The molecule has 0 saturated heterocycles. The van der Waals surface area contributed by atoms with Crippen molar-refractivity contribution < 1.29 is 0 Å². The van der Waals surface area contributed by atoms with E-state index in [9.17, 15) is 9.59 Å². The molecular weight excluding hydrogens is 306 g/mol. The minimum Gasteiger partial charge on any atom is -0.300 e. The maximum Gasteiger partial charge on any atom is 0.330 e. The van der Waals surface area contributed by atoms with Crippen LogP contribution in [0.25, 0.3) is 16.9 Å². The molecule has 3 aromatic rings. The number of hydrogen-bond donors (Lipinski definition) is 0. The number of rotatable bonds is 2. The number of hydrogen-bond acceptors (Lipinski definition) is 4. The highest BCUT2D eigenvalue weighted by molar-refractivity contribution is 5.63. The van der Waals surface area contributed by atoms with E-state index >= 15 is 0 Å². The summed E-state index contributed by atoms with van der Waals surface area (Å²) >= 11 is 0. The third-order valence-corrected chi connectivity index (χ3v) is 4.10. The van der Waals surface area contributed by atoms with Gasteiger partial charge in [-0.2, -0.15) is 10.4 Å². The van der Waals surface area contributed by atoms with Crippen LogP contribution in [0.3, 0.4) is 0 Å². The molecule has 0 aliphatic heterocycles. The van der Waals surface area contributed by atoms with Crippen LogP contribution in [0.4, 0.5) is 0 Å². The monoisotopic (exact) mass is 321 g/mol. The van der Waals surface area contributed by atoms with Gasteiger partial charge >= 0.3 is 5.69 Å². The second-order valence-corrected chi connectivity index (χ2v) is 5.45. The first kappa shape index (κ1) is 15.5. The molecule has 0 N–H and O–H groups in total. The fourth-order valence-electron chi connectivity index (χ4n) is 2.62. The molecule has 2 heterocycles. The smallest absolute Gasteiger partial charge is 0.300 e. The predicted molar refractivity (Wildman–Crippen MR) is 88.9 cm³/mol. The average Bonchev–Trinajstić information content (AvgIpc) is 3.08. The molecule has 0 unspecified atom stereocenters. The van der Waals surface area contributed by atoms with Crippen LogP contribution < -0.4 is 11.2 Å². The highest BCUT2D eigenvalue weighted by Crippen LogP contribution is 2.21. The van der Waals surface area contributed by atoms with Crippen LogP contribution in [0, 0.1) is 18.3 Å². The molecule has 2 aromatic heterocycles. The molecule has 0 radical (unpaired) electrons. The molecule has 3 rings (SSSR count). The van der Waals surface area contributed by atoms with Gasteiger partial charge in [0, 0.05) is 19.8 Å². The van der Waals surface area contributed by atoms with Gasteiger partial charge in [-0.3, -0.25) is 9.36 Å². The Kier molecular flexibility index (Phi) is 3.66. The van der Waals surface area contributed by atoms with Crippen LogP contribution >= 0.6 is 0 Å². The predicted octanol–water partition coefficient (Wildman–Crippen LogP) is 1.12. The minimum atomic E-state index is -0.370. The van der Waals surface area contributed by atoms with E-state index in [4.69, 9.17) is 5.26 Å². The third kappa shape index (κ3) is 2.25. The van der Waals surface area contributed by atoms with Crippen molar-refractivity contribution >= 4 is 0 Å².